The van der Waals surface area contributed by atoms with E-state index in [9.17, 15) is 4.79 Å². The molecule has 4 aromatic rings. The molecule has 0 unspecified atom stereocenters. The van der Waals surface area contributed by atoms with Gasteiger partial charge in [0.1, 0.15) is 11.3 Å². The second-order valence-corrected chi connectivity index (χ2v) is 9.34. The van der Waals surface area contributed by atoms with E-state index in [0.717, 1.165) is 38.9 Å². The van der Waals surface area contributed by atoms with E-state index in [-0.39, 0.29) is 5.91 Å². The average molecular weight is 468 g/mol. The second kappa shape index (κ2) is 10.2. The summed E-state index contributed by atoms with van der Waals surface area (Å²) in [5, 5.41) is 3.96. The molecule has 0 atom stereocenters. The van der Waals surface area contributed by atoms with Crippen LogP contribution in [0, 0.1) is 13.8 Å². The first-order chi connectivity index (χ1) is 16.8. The number of hydrogen-bond donors (Lipinski definition) is 1. The van der Waals surface area contributed by atoms with Crippen molar-refractivity contribution in [1.29, 1.82) is 0 Å². The van der Waals surface area contributed by atoms with Gasteiger partial charge in [0, 0.05) is 34.3 Å². The Bertz CT molecular complexity index is 1390. The van der Waals surface area contributed by atoms with Crippen LogP contribution in [-0.2, 0) is 4.79 Å². The minimum Gasteiger partial charge on any atom is -0.493 e. The molecule has 1 heterocycles. The van der Waals surface area contributed by atoms with Crippen molar-refractivity contribution >= 4 is 28.1 Å². The van der Waals surface area contributed by atoms with Crippen LogP contribution < -0.4 is 10.1 Å². The van der Waals surface area contributed by atoms with E-state index in [4.69, 9.17) is 9.15 Å². The van der Waals surface area contributed by atoms with Gasteiger partial charge >= 0.3 is 0 Å². The summed E-state index contributed by atoms with van der Waals surface area (Å²) >= 11 is 0. The summed E-state index contributed by atoms with van der Waals surface area (Å²) in [7, 11) is 0. The maximum atomic E-state index is 12.8. The van der Waals surface area contributed by atoms with Crippen LogP contribution in [0.4, 0.5) is 5.69 Å². The number of hydrogen-bond acceptors (Lipinski definition) is 3. The molecule has 35 heavy (non-hydrogen) atoms. The van der Waals surface area contributed by atoms with Crippen molar-refractivity contribution in [2.24, 2.45) is 0 Å². The molecule has 0 aliphatic rings. The van der Waals surface area contributed by atoms with Crippen molar-refractivity contribution in [2.45, 2.75) is 47.5 Å². The first-order valence-corrected chi connectivity index (χ1v) is 12.1. The number of ether oxygens (including phenoxy) is 1. The predicted molar refractivity (Wildman–Crippen MR) is 145 cm³/mol. The topological polar surface area (TPSA) is 51.5 Å². The Balaban J connectivity index is 1.69. The lowest BCUT2D eigenvalue weighted by molar-refractivity contribution is -0.111. The third-order valence-electron chi connectivity index (χ3n) is 6.26. The first kappa shape index (κ1) is 24.3. The highest BCUT2D eigenvalue weighted by Gasteiger charge is 2.16. The Morgan fingerprint density at radius 3 is 2.43 bits per heavy atom. The van der Waals surface area contributed by atoms with Crippen LogP contribution in [0.25, 0.3) is 27.7 Å². The third-order valence-corrected chi connectivity index (χ3v) is 6.26. The molecular weight excluding hydrogens is 434 g/mol. The Hall–Kier alpha value is -3.79. The number of fused-ring (bicyclic) bond motifs is 1. The van der Waals surface area contributed by atoms with Crippen LogP contribution in [-0.4, -0.2) is 12.5 Å². The number of benzene rings is 3. The second-order valence-electron chi connectivity index (χ2n) is 9.34. The molecule has 1 N–H and O–H groups in total. The van der Waals surface area contributed by atoms with Crippen molar-refractivity contribution < 1.29 is 13.9 Å². The number of carbonyl (C=O) groups is 1. The van der Waals surface area contributed by atoms with Crippen molar-refractivity contribution in [3.05, 3.63) is 89.2 Å². The van der Waals surface area contributed by atoms with Crippen LogP contribution in [0.5, 0.6) is 5.75 Å². The van der Waals surface area contributed by atoms with E-state index in [1.165, 1.54) is 16.7 Å². The number of aryl methyl sites for hydroxylation is 2. The van der Waals surface area contributed by atoms with Gasteiger partial charge < -0.3 is 14.5 Å². The van der Waals surface area contributed by atoms with Gasteiger partial charge in [-0.15, -0.1) is 0 Å². The van der Waals surface area contributed by atoms with Crippen LogP contribution in [0.2, 0.25) is 0 Å². The SMILES string of the molecule is CCOc1cc2occ(-c3ccc(C)cc3C)c2cc1/C(C)=C/C(=O)Nc1ccc(C(C)C)cc1. The molecule has 0 radical (unpaired) electrons. The minimum absolute atomic E-state index is 0.177. The van der Waals surface area contributed by atoms with Gasteiger partial charge in [0.05, 0.1) is 12.9 Å². The number of furan rings is 1. The zero-order valence-corrected chi connectivity index (χ0v) is 21.4. The summed E-state index contributed by atoms with van der Waals surface area (Å²) in [5.41, 5.74) is 9.05. The number of nitrogens with one attached hydrogen (secondary N) is 1. The Kier molecular flexibility index (Phi) is 7.11. The maximum absolute atomic E-state index is 12.8. The highest BCUT2D eigenvalue weighted by atomic mass is 16.5. The van der Waals surface area contributed by atoms with Gasteiger partial charge in [-0.1, -0.05) is 49.7 Å². The van der Waals surface area contributed by atoms with Crippen molar-refractivity contribution in [1.82, 2.24) is 0 Å². The van der Waals surface area contributed by atoms with Crippen LogP contribution >= 0.6 is 0 Å². The molecule has 0 aliphatic heterocycles. The lowest BCUT2D eigenvalue weighted by Crippen LogP contribution is -2.09. The molecule has 4 rings (SSSR count). The third kappa shape index (κ3) is 5.32. The minimum atomic E-state index is -0.177. The summed E-state index contributed by atoms with van der Waals surface area (Å²) in [6, 6.07) is 18.4. The largest absolute Gasteiger partial charge is 0.493 e. The molecular formula is C31H33NO3. The Morgan fingerprint density at radius 2 is 1.77 bits per heavy atom. The monoisotopic (exact) mass is 467 g/mol. The molecule has 4 heteroatoms. The number of allylic oxidation sites excluding steroid dienone is 1. The Labute approximate surface area is 207 Å². The van der Waals surface area contributed by atoms with Crippen LogP contribution in [0.1, 0.15) is 55.9 Å². The summed E-state index contributed by atoms with van der Waals surface area (Å²) in [5.74, 6) is 0.971. The van der Waals surface area contributed by atoms with E-state index >= 15 is 0 Å². The molecule has 0 saturated carbocycles. The lowest BCUT2D eigenvalue weighted by Gasteiger charge is -2.12. The fourth-order valence-electron chi connectivity index (χ4n) is 4.37. The van der Waals surface area contributed by atoms with E-state index in [1.54, 1.807) is 12.3 Å². The normalized spacial score (nSPS) is 11.8. The Morgan fingerprint density at radius 1 is 1.03 bits per heavy atom. The standard InChI is InChI=1S/C31H33NO3/c1-7-34-29-17-30-27(28(18-35-30)25-13-8-20(4)14-21(25)5)16-26(29)22(6)15-31(33)32-24-11-9-23(10-12-24)19(2)3/h8-19H,7H2,1-6H3,(H,32,33)/b22-15+. The lowest BCUT2D eigenvalue weighted by atomic mass is 9.96. The van der Waals surface area contributed by atoms with Crippen molar-refractivity contribution in [3.63, 3.8) is 0 Å². The van der Waals surface area contributed by atoms with Crippen molar-refractivity contribution in [2.75, 3.05) is 11.9 Å². The summed E-state index contributed by atoms with van der Waals surface area (Å²) in [6.45, 7) is 12.9. The predicted octanol–water partition coefficient (Wildman–Crippen LogP) is 8.28. The van der Waals surface area contributed by atoms with E-state index in [0.29, 0.717) is 18.3 Å². The number of rotatable bonds is 7. The summed E-state index contributed by atoms with van der Waals surface area (Å²) in [6.07, 6.45) is 3.42. The van der Waals surface area contributed by atoms with Crippen LogP contribution in [0.15, 0.2) is 71.4 Å². The van der Waals surface area contributed by atoms with Gasteiger partial charge in [0.2, 0.25) is 5.91 Å². The van der Waals surface area contributed by atoms with Gasteiger partial charge in [-0.05, 0) is 74.1 Å². The number of amides is 1. The highest BCUT2D eigenvalue weighted by Crippen LogP contribution is 2.38. The smallest absolute Gasteiger partial charge is 0.248 e. The average Bonchev–Trinajstić information content (AvgIpc) is 3.21. The van der Waals surface area contributed by atoms with Gasteiger partial charge in [0.15, 0.2) is 0 Å². The molecule has 0 bridgehead atoms. The highest BCUT2D eigenvalue weighted by molar-refractivity contribution is 6.05. The fourth-order valence-corrected chi connectivity index (χ4v) is 4.37. The summed E-state index contributed by atoms with van der Waals surface area (Å²) < 4.78 is 11.8. The molecule has 4 nitrogen and oxygen atoms in total. The van der Waals surface area contributed by atoms with Gasteiger partial charge in [-0.3, -0.25) is 4.79 Å². The van der Waals surface area contributed by atoms with Gasteiger partial charge in [-0.25, -0.2) is 0 Å². The van der Waals surface area contributed by atoms with Gasteiger partial charge in [0.25, 0.3) is 0 Å². The zero-order chi connectivity index (χ0) is 25.1. The molecule has 1 amide bonds. The number of carbonyl (C=O) groups excluding carboxylic acids is 1. The van der Waals surface area contributed by atoms with E-state index < -0.39 is 0 Å². The molecule has 0 saturated heterocycles. The number of anilines is 1. The quantitative estimate of drug-likeness (QED) is 0.278. The fraction of sp³-hybridized carbons (Fsp3) is 0.258. The molecule has 0 aliphatic carbocycles. The maximum Gasteiger partial charge on any atom is 0.248 e. The van der Waals surface area contributed by atoms with E-state index in [2.05, 4.69) is 57.3 Å². The van der Waals surface area contributed by atoms with E-state index in [1.807, 2.05) is 44.2 Å². The molecule has 1 aromatic heterocycles. The van der Waals surface area contributed by atoms with Crippen LogP contribution in [0.3, 0.4) is 0 Å². The zero-order valence-electron chi connectivity index (χ0n) is 21.4. The molecule has 0 spiro atoms. The first-order valence-electron chi connectivity index (χ1n) is 12.1. The molecule has 180 valence electrons. The van der Waals surface area contributed by atoms with Crippen molar-refractivity contribution in [3.8, 4) is 16.9 Å². The van der Waals surface area contributed by atoms with Gasteiger partial charge in [-0.2, -0.15) is 0 Å². The molecule has 0 fully saturated rings. The molecule has 3 aromatic carbocycles. The summed E-state index contributed by atoms with van der Waals surface area (Å²) in [4.78, 5) is 12.8.